The van der Waals surface area contributed by atoms with E-state index in [0.717, 1.165) is 6.42 Å². The maximum atomic E-state index is 10.3. The van der Waals surface area contributed by atoms with E-state index < -0.39 is 0 Å². The minimum Gasteiger partial charge on any atom is -1.00 e. The summed E-state index contributed by atoms with van der Waals surface area (Å²) in [7, 11) is 0. The molecule has 0 heterocycles. The summed E-state index contributed by atoms with van der Waals surface area (Å²) < 4.78 is 4.75. The van der Waals surface area contributed by atoms with Crippen molar-refractivity contribution < 1.29 is 40.5 Å². The fraction of sp³-hybridized carbons (Fsp3) is 0.875. The molecular formula is C8H17NaO2. The van der Waals surface area contributed by atoms with Gasteiger partial charge in [0, 0.05) is 6.92 Å². The van der Waals surface area contributed by atoms with E-state index in [2.05, 4.69) is 6.92 Å². The van der Waals surface area contributed by atoms with Gasteiger partial charge in [0.1, 0.15) is 0 Å². The molecule has 0 radical (unpaired) electrons. The zero-order valence-corrected chi connectivity index (χ0v) is 9.85. The van der Waals surface area contributed by atoms with Crippen molar-refractivity contribution in [3.63, 3.8) is 0 Å². The molecule has 0 aromatic rings. The smallest absolute Gasteiger partial charge is 1.00 e. The third-order valence-corrected chi connectivity index (χ3v) is 1.30. The molecule has 0 spiro atoms. The van der Waals surface area contributed by atoms with Gasteiger partial charge in [-0.05, 0) is 6.42 Å². The van der Waals surface area contributed by atoms with Crippen molar-refractivity contribution in [2.45, 2.75) is 39.5 Å². The topological polar surface area (TPSA) is 26.3 Å². The van der Waals surface area contributed by atoms with E-state index in [1.807, 2.05) is 0 Å². The van der Waals surface area contributed by atoms with Crippen molar-refractivity contribution in [1.82, 2.24) is 0 Å². The Balaban J connectivity index is -0.000000405. The molecule has 0 fully saturated rings. The van der Waals surface area contributed by atoms with Gasteiger partial charge in [-0.3, -0.25) is 4.79 Å². The van der Waals surface area contributed by atoms with E-state index in [0.29, 0.717) is 6.61 Å². The number of ether oxygens (including phenoxy) is 1. The van der Waals surface area contributed by atoms with E-state index in [4.69, 9.17) is 4.74 Å². The molecule has 62 valence electrons. The maximum Gasteiger partial charge on any atom is 1.00 e. The molecule has 0 bridgehead atoms. The van der Waals surface area contributed by atoms with E-state index in [9.17, 15) is 4.79 Å². The molecule has 0 N–H and O–H groups in total. The molecule has 0 aromatic heterocycles. The van der Waals surface area contributed by atoms with Gasteiger partial charge >= 0.3 is 35.5 Å². The van der Waals surface area contributed by atoms with Crippen LogP contribution in [-0.2, 0) is 9.53 Å². The second-order valence-corrected chi connectivity index (χ2v) is 2.40. The van der Waals surface area contributed by atoms with Gasteiger partial charge < -0.3 is 6.16 Å². The Bertz CT molecular complexity index is 99.1. The van der Waals surface area contributed by atoms with Crippen molar-refractivity contribution >= 4 is 5.97 Å². The number of esters is 1. The average Bonchev–Trinajstić information content (AvgIpc) is 1.87. The van der Waals surface area contributed by atoms with E-state index in [1.54, 1.807) is 0 Å². The average molecular weight is 168 g/mol. The summed E-state index contributed by atoms with van der Waals surface area (Å²) in [5.74, 6) is -0.170. The van der Waals surface area contributed by atoms with Crippen LogP contribution in [0.15, 0.2) is 0 Å². The van der Waals surface area contributed by atoms with Gasteiger partial charge in [-0.25, -0.2) is 0 Å². The zero-order valence-electron chi connectivity index (χ0n) is 8.85. The molecule has 0 rings (SSSR count). The van der Waals surface area contributed by atoms with Gasteiger partial charge in [-0.15, -0.1) is 0 Å². The molecule has 0 unspecified atom stereocenters. The van der Waals surface area contributed by atoms with Crippen molar-refractivity contribution in [1.29, 1.82) is 0 Å². The number of hydrogen-bond acceptors (Lipinski definition) is 2. The number of rotatable bonds is 5. The van der Waals surface area contributed by atoms with Crippen molar-refractivity contribution in [2.75, 3.05) is 6.61 Å². The van der Waals surface area contributed by atoms with Crippen LogP contribution < -0.4 is 29.6 Å². The fourth-order valence-corrected chi connectivity index (χ4v) is 0.745. The Morgan fingerprint density at radius 2 is 2.00 bits per heavy atom. The Morgan fingerprint density at radius 3 is 2.45 bits per heavy atom. The summed E-state index contributed by atoms with van der Waals surface area (Å²) in [6.45, 7) is 4.20. The zero-order chi connectivity index (χ0) is 7.82. The van der Waals surface area contributed by atoms with Crippen LogP contribution in [0.5, 0.6) is 0 Å². The molecule has 0 aliphatic heterocycles. The van der Waals surface area contributed by atoms with Crippen LogP contribution in [0.2, 0.25) is 0 Å². The molecule has 0 amide bonds. The molecule has 0 atom stereocenters. The van der Waals surface area contributed by atoms with E-state index in [1.165, 1.54) is 26.2 Å². The van der Waals surface area contributed by atoms with Gasteiger partial charge in [0.25, 0.3) is 0 Å². The first-order chi connectivity index (χ1) is 4.77. The van der Waals surface area contributed by atoms with E-state index in [-0.39, 0.29) is 37.0 Å². The van der Waals surface area contributed by atoms with Crippen LogP contribution in [0, 0.1) is 0 Å². The third-order valence-electron chi connectivity index (χ3n) is 1.30. The van der Waals surface area contributed by atoms with Crippen molar-refractivity contribution in [2.24, 2.45) is 0 Å². The predicted octanol–water partition coefficient (Wildman–Crippen LogP) is -0.754. The first-order valence-corrected chi connectivity index (χ1v) is 3.90. The monoisotopic (exact) mass is 168 g/mol. The van der Waals surface area contributed by atoms with Gasteiger partial charge in [0.15, 0.2) is 0 Å². The minimum atomic E-state index is -0.170. The molecule has 0 aromatic carbocycles. The molecule has 0 aliphatic rings. The molecule has 0 aliphatic carbocycles. The van der Waals surface area contributed by atoms with Gasteiger partial charge in [0.2, 0.25) is 0 Å². The summed E-state index contributed by atoms with van der Waals surface area (Å²) in [5.41, 5.74) is 0. The van der Waals surface area contributed by atoms with Crippen LogP contribution >= 0.6 is 0 Å². The van der Waals surface area contributed by atoms with Crippen LogP contribution in [0.3, 0.4) is 0 Å². The molecule has 0 saturated heterocycles. The number of hydrogen-bond donors (Lipinski definition) is 0. The molecule has 0 saturated carbocycles. The largest absolute Gasteiger partial charge is 1.00 e. The Morgan fingerprint density at radius 1 is 1.36 bits per heavy atom. The van der Waals surface area contributed by atoms with Crippen molar-refractivity contribution in [3.8, 4) is 0 Å². The van der Waals surface area contributed by atoms with Gasteiger partial charge in [-0.2, -0.15) is 0 Å². The summed E-state index contributed by atoms with van der Waals surface area (Å²) in [6.07, 6.45) is 4.64. The van der Waals surface area contributed by atoms with Crippen molar-refractivity contribution in [3.05, 3.63) is 0 Å². The van der Waals surface area contributed by atoms with Crippen LogP contribution in [0.4, 0.5) is 0 Å². The van der Waals surface area contributed by atoms with Gasteiger partial charge in [-0.1, -0.05) is 26.2 Å². The Kier molecular flexibility index (Phi) is 13.3. The van der Waals surface area contributed by atoms with Gasteiger partial charge in [0.05, 0.1) is 6.61 Å². The van der Waals surface area contributed by atoms with Crippen LogP contribution in [0.1, 0.15) is 41.0 Å². The predicted molar refractivity (Wildman–Crippen MR) is 41.9 cm³/mol. The molecule has 2 nitrogen and oxygen atoms in total. The Hall–Kier alpha value is 0.470. The number of carbonyl (C=O) groups excluding carboxylic acids is 1. The minimum absolute atomic E-state index is 0. The number of unbranched alkanes of at least 4 members (excludes halogenated alkanes) is 3. The first kappa shape index (κ1) is 14.0. The van der Waals surface area contributed by atoms with E-state index >= 15 is 0 Å². The summed E-state index contributed by atoms with van der Waals surface area (Å²) >= 11 is 0. The Labute approximate surface area is 92.5 Å². The first-order valence-electron chi connectivity index (χ1n) is 3.90. The number of carbonyl (C=O) groups is 1. The van der Waals surface area contributed by atoms with Crippen LogP contribution in [0.25, 0.3) is 0 Å². The maximum absolute atomic E-state index is 10.3. The molecular weight excluding hydrogens is 151 g/mol. The summed E-state index contributed by atoms with van der Waals surface area (Å²) in [5, 5.41) is 0. The normalized spacial score (nSPS) is 8.55. The third kappa shape index (κ3) is 13.5. The standard InChI is InChI=1S/C8H16O2.Na.H/c1-3-4-5-6-7-10-8(2)9;;/h3-7H2,1-2H3;;/q;+1;-1. The second-order valence-electron chi connectivity index (χ2n) is 2.40. The summed E-state index contributed by atoms with van der Waals surface area (Å²) in [4.78, 5) is 10.3. The van der Waals surface area contributed by atoms with Crippen LogP contribution in [-0.4, -0.2) is 12.6 Å². The SMILES string of the molecule is CCCCCCOC(C)=O.[H-].[Na+]. The second kappa shape index (κ2) is 10.5. The quantitative estimate of drug-likeness (QED) is 0.306. The fourth-order valence-electron chi connectivity index (χ4n) is 0.745. The molecule has 3 heteroatoms. The summed E-state index contributed by atoms with van der Waals surface area (Å²) in [6, 6.07) is 0. The molecule has 11 heavy (non-hydrogen) atoms.